The van der Waals surface area contributed by atoms with Gasteiger partial charge in [0.1, 0.15) is 0 Å². The molecule has 132 valence electrons. The van der Waals surface area contributed by atoms with Crippen molar-refractivity contribution >= 4 is 46.6 Å². The predicted octanol–water partition coefficient (Wildman–Crippen LogP) is 5.61. The maximum atomic E-state index is 7.51. The van der Waals surface area contributed by atoms with Crippen molar-refractivity contribution in [2.24, 2.45) is 0 Å². The first kappa shape index (κ1) is 23.2. The molecule has 0 bridgehead atoms. The summed E-state index contributed by atoms with van der Waals surface area (Å²) in [5.74, 6) is 0.303. The number of halogens is 1. The molecule has 0 N–H and O–H groups in total. The van der Waals surface area contributed by atoms with Gasteiger partial charge in [0.25, 0.3) is 0 Å². The lowest BCUT2D eigenvalue weighted by molar-refractivity contribution is 0.314. The third-order valence-electron chi connectivity index (χ3n) is 5.36. The summed E-state index contributed by atoms with van der Waals surface area (Å²) in [5, 5.41) is 0. The van der Waals surface area contributed by atoms with E-state index in [0.29, 0.717) is 17.9 Å². The Morgan fingerprint density at radius 2 is 0.864 bits per heavy atom. The standard InChI is InChI=1S/C15H41BClNSi4/c1-14(2)18(15(3)4)16(17)22(19(5,6)7,20(8,9)10)21(11,12)13/h14-15H,1-13H3. The average Bonchev–Trinajstić information content (AvgIpc) is 2.07. The van der Waals surface area contributed by atoms with Crippen molar-refractivity contribution in [1.29, 1.82) is 0 Å². The van der Waals surface area contributed by atoms with Gasteiger partial charge in [-0.3, -0.25) is 0 Å². The van der Waals surface area contributed by atoms with Gasteiger partial charge in [-0.15, -0.1) is 0 Å². The fraction of sp³-hybridized carbons (Fsp3) is 1.00. The maximum absolute atomic E-state index is 7.51. The highest BCUT2D eigenvalue weighted by molar-refractivity contribution is 8.07. The Bertz CT molecular complexity index is 325. The summed E-state index contributed by atoms with van der Waals surface area (Å²) in [5.41, 5.74) is 0. The summed E-state index contributed by atoms with van der Waals surface area (Å²) in [6.07, 6.45) is 0. The minimum atomic E-state index is -1.58. The molecule has 1 nitrogen and oxygen atoms in total. The fourth-order valence-electron chi connectivity index (χ4n) is 5.79. The maximum Gasteiger partial charge on any atom is 0.310 e. The van der Waals surface area contributed by atoms with E-state index in [0.717, 1.165) is 0 Å². The highest BCUT2D eigenvalue weighted by Gasteiger charge is 2.68. The molecule has 0 aliphatic carbocycles. The summed E-state index contributed by atoms with van der Waals surface area (Å²) in [7, 11) is -4.01. The Morgan fingerprint density at radius 3 is 1.00 bits per heavy atom. The Kier molecular flexibility index (Phi) is 7.59. The van der Waals surface area contributed by atoms with E-state index in [4.69, 9.17) is 11.5 Å². The zero-order chi connectivity index (χ0) is 18.3. The zero-order valence-electron chi connectivity index (χ0n) is 17.6. The molecule has 0 radical (unpaired) electrons. The van der Waals surface area contributed by atoms with Gasteiger partial charge >= 0.3 is 5.86 Å². The predicted molar refractivity (Wildman–Crippen MR) is 120 cm³/mol. The van der Waals surface area contributed by atoms with Crippen molar-refractivity contribution in [2.75, 3.05) is 0 Å². The van der Waals surface area contributed by atoms with Crippen LogP contribution >= 0.6 is 11.5 Å². The van der Waals surface area contributed by atoms with Gasteiger partial charge in [0.15, 0.2) is 0 Å². The summed E-state index contributed by atoms with van der Waals surface area (Å²) in [4.78, 5) is 2.66. The smallest absolute Gasteiger partial charge is 0.310 e. The summed E-state index contributed by atoms with van der Waals surface area (Å²) in [6.45, 7) is 31.4. The molecule has 0 unspecified atom stereocenters. The van der Waals surface area contributed by atoms with Crippen molar-refractivity contribution in [2.45, 2.75) is 98.7 Å². The van der Waals surface area contributed by atoms with E-state index in [2.05, 4.69) is 91.4 Å². The second kappa shape index (κ2) is 7.20. The third kappa shape index (κ3) is 4.05. The van der Waals surface area contributed by atoms with Crippen LogP contribution in [0.25, 0.3) is 0 Å². The van der Waals surface area contributed by atoms with Gasteiger partial charge in [-0.1, -0.05) is 86.6 Å². The molecule has 0 aromatic heterocycles. The van der Waals surface area contributed by atoms with Crippen LogP contribution in [0.1, 0.15) is 27.7 Å². The van der Waals surface area contributed by atoms with E-state index in [1.165, 1.54) is 0 Å². The van der Waals surface area contributed by atoms with Crippen molar-refractivity contribution in [3.63, 3.8) is 0 Å². The quantitative estimate of drug-likeness (QED) is 0.508. The first-order valence-corrected chi connectivity index (χ1v) is 24.9. The van der Waals surface area contributed by atoms with E-state index < -0.39 is 29.3 Å². The van der Waals surface area contributed by atoms with Gasteiger partial charge in [-0.2, -0.15) is 11.5 Å². The topological polar surface area (TPSA) is 3.24 Å². The zero-order valence-corrected chi connectivity index (χ0v) is 22.3. The highest BCUT2D eigenvalue weighted by atomic mass is 35.5. The van der Waals surface area contributed by atoms with Crippen LogP contribution in [0.5, 0.6) is 0 Å². The normalized spacial score (nSPS) is 15.1. The van der Waals surface area contributed by atoms with E-state index in [9.17, 15) is 0 Å². The molecule has 22 heavy (non-hydrogen) atoms. The Labute approximate surface area is 150 Å². The SMILES string of the molecule is CC(C)N(B(Cl)[Si]([Si](C)(C)C)([Si](C)(C)C)[Si](C)(C)C)C(C)C. The Hall–Kier alpha value is 1.18. The molecule has 0 rings (SSSR count). The lowest BCUT2D eigenvalue weighted by Gasteiger charge is -2.61. The number of rotatable bonds is 7. The van der Waals surface area contributed by atoms with Gasteiger partial charge in [0.05, 0.1) is 6.50 Å². The molecule has 0 saturated carbocycles. The van der Waals surface area contributed by atoms with Crippen LogP contribution in [0, 0.1) is 0 Å². The molecule has 0 aliphatic rings. The summed E-state index contributed by atoms with van der Waals surface area (Å²) < 4.78 is 0. The highest BCUT2D eigenvalue weighted by Crippen LogP contribution is 2.41. The van der Waals surface area contributed by atoms with Crippen LogP contribution in [0.2, 0.25) is 58.9 Å². The van der Waals surface area contributed by atoms with Gasteiger partial charge in [0, 0.05) is 22.8 Å². The van der Waals surface area contributed by atoms with E-state index in [1.807, 2.05) is 0 Å². The Morgan fingerprint density at radius 1 is 0.636 bits per heavy atom. The lowest BCUT2D eigenvalue weighted by atomic mass is 10.1. The average molecular weight is 394 g/mol. The molecule has 0 atom stereocenters. The molecule has 0 amide bonds. The van der Waals surface area contributed by atoms with Crippen LogP contribution in [0.4, 0.5) is 0 Å². The summed E-state index contributed by atoms with van der Waals surface area (Å²) >= 11 is 7.51. The van der Waals surface area contributed by atoms with E-state index in [1.54, 1.807) is 0 Å². The number of nitrogens with zero attached hydrogens (tertiary/aromatic N) is 1. The minimum absolute atomic E-state index is 0.303. The van der Waals surface area contributed by atoms with Gasteiger partial charge < -0.3 is 4.81 Å². The van der Waals surface area contributed by atoms with Crippen LogP contribution in [-0.4, -0.2) is 52.0 Å². The van der Waals surface area contributed by atoms with Crippen molar-refractivity contribution < 1.29 is 0 Å². The van der Waals surface area contributed by atoms with Crippen LogP contribution in [0.15, 0.2) is 0 Å². The third-order valence-corrected chi connectivity index (χ3v) is 80.6. The van der Waals surface area contributed by atoms with Gasteiger partial charge in [-0.05, 0) is 12.1 Å². The van der Waals surface area contributed by atoms with E-state index in [-0.39, 0.29) is 0 Å². The van der Waals surface area contributed by atoms with Crippen molar-refractivity contribution in [3.05, 3.63) is 0 Å². The molecular formula is C15H41BClNSi4. The molecule has 0 spiro atoms. The fourth-order valence-corrected chi connectivity index (χ4v) is 114. The minimum Gasteiger partial charge on any atom is -0.327 e. The molecule has 0 saturated heterocycles. The first-order chi connectivity index (χ1) is 9.43. The molecule has 0 fully saturated rings. The van der Waals surface area contributed by atoms with Crippen LogP contribution < -0.4 is 0 Å². The largest absolute Gasteiger partial charge is 0.327 e. The number of hydrogen-bond donors (Lipinski definition) is 0. The van der Waals surface area contributed by atoms with Crippen molar-refractivity contribution in [3.8, 4) is 0 Å². The van der Waals surface area contributed by atoms with Crippen LogP contribution in [-0.2, 0) is 0 Å². The van der Waals surface area contributed by atoms with Gasteiger partial charge in [0.2, 0.25) is 0 Å². The molecular weight excluding hydrogens is 353 g/mol. The summed E-state index contributed by atoms with van der Waals surface area (Å²) in [6, 6.07) is 1.05. The second-order valence-corrected chi connectivity index (χ2v) is 52.1. The molecule has 0 aromatic carbocycles. The van der Waals surface area contributed by atoms with Gasteiger partial charge in [-0.25, -0.2) is 0 Å². The Balaban J connectivity index is 6.55. The second-order valence-electron chi connectivity index (χ2n) is 10.5. The molecule has 0 heterocycles. The number of hydrogen-bond acceptors (Lipinski definition) is 1. The van der Waals surface area contributed by atoms with Crippen LogP contribution in [0.3, 0.4) is 0 Å². The molecule has 7 heteroatoms. The lowest BCUT2D eigenvalue weighted by Crippen LogP contribution is -2.91. The van der Waals surface area contributed by atoms with Crippen molar-refractivity contribution in [1.82, 2.24) is 4.81 Å². The molecule has 0 aromatic rings. The monoisotopic (exact) mass is 393 g/mol. The first-order valence-electron chi connectivity index (χ1n) is 8.84. The van der Waals surface area contributed by atoms with E-state index >= 15 is 0 Å². The molecule has 0 aliphatic heterocycles.